The lowest BCUT2D eigenvalue weighted by molar-refractivity contribution is -0.142. The number of para-hydroxylation sites is 1. The van der Waals surface area contributed by atoms with E-state index in [-0.39, 0.29) is 47.5 Å². The predicted octanol–water partition coefficient (Wildman–Crippen LogP) is 6.64. The fraction of sp³-hybridized carbons (Fsp3) is 0.375. The van der Waals surface area contributed by atoms with Crippen LogP contribution in [-0.4, -0.2) is 74.9 Å². The topological polar surface area (TPSA) is 90.4 Å². The average molecular weight is 759 g/mol. The van der Waals surface area contributed by atoms with E-state index in [4.69, 9.17) is 4.74 Å². The van der Waals surface area contributed by atoms with Crippen LogP contribution in [0.4, 0.5) is 11.4 Å². The minimum Gasteiger partial charge on any atom is -0.494 e. The first-order valence-corrected chi connectivity index (χ1v) is 18.9. The smallest absolute Gasteiger partial charge is 0.251 e. The number of nitrogens with zero attached hydrogens (tertiary/aromatic N) is 3. The van der Waals surface area contributed by atoms with Crippen LogP contribution in [0.3, 0.4) is 0 Å². The lowest BCUT2D eigenvalue weighted by Crippen LogP contribution is -2.57. The molecule has 3 fully saturated rings. The van der Waals surface area contributed by atoms with Gasteiger partial charge in [-0.15, -0.1) is 24.9 Å². The summed E-state index contributed by atoms with van der Waals surface area (Å²) in [5.41, 5.74) is 4.03. The number of alkyl halides is 1. The Bertz CT molecular complexity index is 1750. The van der Waals surface area contributed by atoms with Crippen LogP contribution in [0, 0.1) is 25.7 Å². The molecule has 3 amide bonds. The first-order chi connectivity index (χ1) is 24.1. The number of ether oxygens (including phenoxy) is 1. The van der Waals surface area contributed by atoms with Crippen LogP contribution in [-0.2, 0) is 14.4 Å². The van der Waals surface area contributed by atoms with Gasteiger partial charge in [0, 0.05) is 34.5 Å². The number of thioether (sulfide) groups is 1. The van der Waals surface area contributed by atoms with Crippen molar-refractivity contribution < 1.29 is 24.2 Å². The molecule has 262 valence electrons. The second-order valence-electron chi connectivity index (χ2n) is 13.2. The van der Waals surface area contributed by atoms with E-state index in [1.165, 1.54) is 0 Å². The van der Waals surface area contributed by atoms with Crippen molar-refractivity contribution in [2.24, 2.45) is 11.8 Å². The van der Waals surface area contributed by atoms with Crippen LogP contribution < -0.4 is 14.5 Å². The maximum atomic E-state index is 15.4. The van der Waals surface area contributed by atoms with Gasteiger partial charge in [-0.05, 0) is 68.1 Å². The van der Waals surface area contributed by atoms with Crippen LogP contribution in [0.2, 0.25) is 0 Å². The minimum absolute atomic E-state index is 0.121. The summed E-state index contributed by atoms with van der Waals surface area (Å²) in [5, 5.41) is 10.7. The number of likely N-dealkylation sites (tertiary alicyclic amines) is 1. The van der Waals surface area contributed by atoms with Crippen LogP contribution in [0.1, 0.15) is 36.1 Å². The fourth-order valence-corrected chi connectivity index (χ4v) is 11.9. The Labute approximate surface area is 307 Å². The second-order valence-corrected chi connectivity index (χ2v) is 15.9. The Kier molecular flexibility index (Phi) is 10.6. The molecule has 8 nitrogen and oxygen atoms in total. The summed E-state index contributed by atoms with van der Waals surface area (Å²) >= 11 is 5.49. The van der Waals surface area contributed by atoms with Crippen LogP contribution in [0.15, 0.2) is 98.1 Å². The van der Waals surface area contributed by atoms with E-state index in [9.17, 15) is 9.90 Å². The number of aliphatic hydroxyl groups excluding tert-OH is 1. The third-order valence-corrected chi connectivity index (χ3v) is 13.5. The minimum atomic E-state index is -0.956. The molecule has 3 aliphatic heterocycles. The summed E-state index contributed by atoms with van der Waals surface area (Å²) < 4.78 is 4.71. The molecule has 3 aromatic carbocycles. The molecule has 3 aliphatic rings. The van der Waals surface area contributed by atoms with Gasteiger partial charge < -0.3 is 24.5 Å². The molecule has 10 heteroatoms. The maximum absolute atomic E-state index is 15.4. The van der Waals surface area contributed by atoms with E-state index < -0.39 is 28.7 Å². The third kappa shape index (κ3) is 5.99. The zero-order valence-corrected chi connectivity index (χ0v) is 31.1. The maximum Gasteiger partial charge on any atom is 0.251 e. The van der Waals surface area contributed by atoms with Gasteiger partial charge in [0.05, 0.1) is 35.8 Å². The SMILES string of the molecule is C=CCN(C(=O)[C@H]1[C@H]2C(=O)N([C@H](CO)c3ccccc3)C(C(=O)N(CC=C)c3c(C)cccc3C)C23CC(Br)[C@@H]1S3)c1ccc(OCC)cc1. The molecule has 0 aliphatic carbocycles. The van der Waals surface area contributed by atoms with E-state index in [0.29, 0.717) is 24.5 Å². The normalized spacial score (nSPS) is 25.6. The summed E-state index contributed by atoms with van der Waals surface area (Å²) in [6.45, 7) is 14.4. The highest BCUT2D eigenvalue weighted by atomic mass is 79.9. The molecular formula is C40H44BrN3O5S. The zero-order valence-electron chi connectivity index (χ0n) is 28.7. The molecule has 2 bridgehead atoms. The lowest BCUT2D eigenvalue weighted by atomic mass is 9.70. The molecule has 7 atom stereocenters. The Morgan fingerprint density at radius 3 is 2.24 bits per heavy atom. The molecule has 50 heavy (non-hydrogen) atoms. The Morgan fingerprint density at radius 2 is 1.64 bits per heavy atom. The molecular weight excluding hydrogens is 714 g/mol. The number of hydrogen-bond acceptors (Lipinski definition) is 6. The van der Waals surface area contributed by atoms with Gasteiger partial charge in [0.25, 0.3) is 5.91 Å². The standard InChI is InChI=1S/C40H44BrN3O5S/c1-6-21-42(28-17-19-29(20-18-28)49-8-3)37(46)32-33-38(47)44(31(24-45)27-15-10-9-11-16-27)36(40(33)23-30(41)35(32)50-40)39(48)43(22-7-2)34-25(4)13-12-14-26(34)5/h6-7,9-20,30-33,35-36,45H,1-2,8,21-24H2,3-5H3/t30?,31-,32+,33+,35+,36?,40?/m1/s1. The monoisotopic (exact) mass is 757 g/mol. The number of aryl methyl sites for hydroxylation is 2. The summed E-state index contributed by atoms with van der Waals surface area (Å²) in [6, 6.07) is 20.8. The van der Waals surface area contributed by atoms with Crippen molar-refractivity contribution >= 4 is 56.8 Å². The van der Waals surface area contributed by atoms with Crippen molar-refractivity contribution in [3.05, 3.63) is 115 Å². The van der Waals surface area contributed by atoms with Gasteiger partial charge in [-0.3, -0.25) is 14.4 Å². The first kappa shape index (κ1) is 35.9. The average Bonchev–Trinajstić information content (AvgIpc) is 3.71. The fourth-order valence-electron chi connectivity index (χ4n) is 8.31. The third-order valence-electron chi connectivity index (χ3n) is 10.3. The molecule has 1 spiro atoms. The van der Waals surface area contributed by atoms with Gasteiger partial charge in [-0.2, -0.15) is 0 Å². The molecule has 6 rings (SSSR count). The number of fused-ring (bicyclic) bond motifs is 1. The Hall–Kier alpha value is -3.86. The van der Waals surface area contributed by atoms with Crippen LogP contribution >= 0.6 is 27.7 Å². The van der Waals surface area contributed by atoms with Crippen molar-refractivity contribution in [2.75, 3.05) is 36.1 Å². The molecule has 0 radical (unpaired) electrons. The van der Waals surface area contributed by atoms with Crippen LogP contribution in [0.25, 0.3) is 0 Å². The van der Waals surface area contributed by atoms with E-state index in [1.54, 1.807) is 38.6 Å². The van der Waals surface area contributed by atoms with Crippen molar-refractivity contribution in [3.63, 3.8) is 0 Å². The van der Waals surface area contributed by atoms with Gasteiger partial charge >= 0.3 is 0 Å². The Morgan fingerprint density at radius 1 is 1.00 bits per heavy atom. The van der Waals surface area contributed by atoms with Gasteiger partial charge in [-0.25, -0.2) is 0 Å². The number of halogens is 1. The van der Waals surface area contributed by atoms with Gasteiger partial charge in [0.1, 0.15) is 11.8 Å². The number of carbonyl (C=O) groups is 3. The van der Waals surface area contributed by atoms with Gasteiger partial charge in [0.15, 0.2) is 0 Å². The van der Waals surface area contributed by atoms with Gasteiger partial charge in [0.2, 0.25) is 11.8 Å². The largest absolute Gasteiger partial charge is 0.494 e. The number of aliphatic hydroxyl groups is 1. The Balaban J connectivity index is 1.49. The molecule has 3 unspecified atom stereocenters. The predicted molar refractivity (Wildman–Crippen MR) is 204 cm³/mol. The molecule has 0 aromatic heterocycles. The molecule has 1 N–H and O–H groups in total. The van der Waals surface area contributed by atoms with E-state index in [2.05, 4.69) is 29.1 Å². The summed E-state index contributed by atoms with van der Waals surface area (Å²) in [7, 11) is 0. The summed E-state index contributed by atoms with van der Waals surface area (Å²) in [5.74, 6) is -1.54. The van der Waals surface area contributed by atoms with E-state index in [1.807, 2.05) is 93.6 Å². The van der Waals surface area contributed by atoms with E-state index >= 15 is 9.59 Å². The highest BCUT2D eigenvalue weighted by Gasteiger charge is 2.76. The summed E-state index contributed by atoms with van der Waals surface area (Å²) in [6.07, 6.45) is 3.89. The molecule has 3 saturated heterocycles. The van der Waals surface area contributed by atoms with Crippen molar-refractivity contribution in [2.45, 2.75) is 54.1 Å². The zero-order chi connectivity index (χ0) is 35.7. The number of carbonyl (C=O) groups excluding carboxylic acids is 3. The molecule has 3 aromatic rings. The van der Waals surface area contributed by atoms with Crippen LogP contribution in [0.5, 0.6) is 5.75 Å². The summed E-state index contributed by atoms with van der Waals surface area (Å²) in [4.78, 5) is 50.3. The number of hydrogen-bond donors (Lipinski definition) is 1. The number of anilines is 2. The van der Waals surface area contributed by atoms with Crippen molar-refractivity contribution in [3.8, 4) is 5.75 Å². The van der Waals surface area contributed by atoms with E-state index in [0.717, 1.165) is 22.4 Å². The molecule has 3 heterocycles. The van der Waals surface area contributed by atoms with Gasteiger partial charge in [-0.1, -0.05) is 76.6 Å². The number of benzene rings is 3. The quantitative estimate of drug-likeness (QED) is 0.156. The molecule has 0 saturated carbocycles. The van der Waals surface area contributed by atoms with Crippen molar-refractivity contribution in [1.29, 1.82) is 0 Å². The number of amides is 3. The van der Waals surface area contributed by atoms with Crippen molar-refractivity contribution in [1.82, 2.24) is 4.90 Å². The second kappa shape index (κ2) is 14.8. The highest BCUT2D eigenvalue weighted by Crippen LogP contribution is 2.69. The highest BCUT2D eigenvalue weighted by molar-refractivity contribution is 9.09. The first-order valence-electron chi connectivity index (χ1n) is 17.1. The lowest BCUT2D eigenvalue weighted by Gasteiger charge is -2.40. The number of rotatable bonds is 13.